The minimum atomic E-state index is -0.00623. The van der Waals surface area contributed by atoms with Crippen LogP contribution in [0.5, 0.6) is 0 Å². The second-order valence-electron chi connectivity index (χ2n) is 5.43. The van der Waals surface area contributed by atoms with Crippen LogP contribution in [0.1, 0.15) is 38.2 Å². The van der Waals surface area contributed by atoms with Crippen LogP contribution in [0.15, 0.2) is 30.3 Å². The van der Waals surface area contributed by atoms with Crippen LogP contribution in [0, 0.1) is 0 Å². The lowest BCUT2D eigenvalue weighted by Gasteiger charge is -2.21. The van der Waals surface area contributed by atoms with Crippen molar-refractivity contribution in [3.8, 4) is 0 Å². The van der Waals surface area contributed by atoms with E-state index in [4.69, 9.17) is 0 Å². The molecule has 1 amide bonds. The van der Waals surface area contributed by atoms with Crippen molar-refractivity contribution in [1.29, 1.82) is 0 Å². The topological polar surface area (TPSA) is 41.1 Å². The van der Waals surface area contributed by atoms with Crippen LogP contribution in [0.4, 0.5) is 0 Å². The highest BCUT2D eigenvalue weighted by Gasteiger charge is 2.21. The average molecular weight is 260 g/mol. The molecule has 1 fully saturated rings. The van der Waals surface area contributed by atoms with Crippen LogP contribution in [0.2, 0.25) is 0 Å². The summed E-state index contributed by atoms with van der Waals surface area (Å²) in [6.45, 7) is 3.00. The van der Waals surface area contributed by atoms with Gasteiger partial charge >= 0.3 is 0 Å². The molecular weight excluding hydrogens is 236 g/mol. The van der Waals surface area contributed by atoms with Gasteiger partial charge in [0.05, 0.1) is 6.04 Å². The molecule has 2 N–H and O–H groups in total. The van der Waals surface area contributed by atoms with Gasteiger partial charge in [-0.25, -0.2) is 0 Å². The summed E-state index contributed by atoms with van der Waals surface area (Å²) in [5, 5.41) is 6.44. The van der Waals surface area contributed by atoms with Crippen LogP contribution in [-0.4, -0.2) is 24.5 Å². The molecule has 0 aromatic heterocycles. The average Bonchev–Trinajstić information content (AvgIpc) is 2.63. The van der Waals surface area contributed by atoms with Crippen molar-refractivity contribution in [3.63, 3.8) is 0 Å². The first-order valence-electron chi connectivity index (χ1n) is 7.33. The van der Waals surface area contributed by atoms with E-state index in [-0.39, 0.29) is 11.9 Å². The third-order valence-electron chi connectivity index (χ3n) is 3.73. The quantitative estimate of drug-likeness (QED) is 0.852. The molecule has 1 aliphatic heterocycles. The first-order chi connectivity index (χ1) is 9.25. The number of hydrogen-bond acceptors (Lipinski definition) is 2. The molecule has 1 heterocycles. The summed E-state index contributed by atoms with van der Waals surface area (Å²) in [5.74, 6) is 0.170. The van der Waals surface area contributed by atoms with E-state index in [0.29, 0.717) is 6.04 Å². The summed E-state index contributed by atoms with van der Waals surface area (Å²) in [6.07, 6.45) is 5.31. The summed E-state index contributed by atoms with van der Waals surface area (Å²) in [7, 11) is 0. The van der Waals surface area contributed by atoms with Crippen molar-refractivity contribution >= 4 is 5.91 Å². The fourth-order valence-corrected chi connectivity index (χ4v) is 2.55. The van der Waals surface area contributed by atoms with Crippen molar-refractivity contribution in [3.05, 3.63) is 35.9 Å². The van der Waals surface area contributed by atoms with E-state index in [9.17, 15) is 4.79 Å². The molecule has 2 rings (SSSR count). The number of hydrogen-bond donors (Lipinski definition) is 2. The van der Waals surface area contributed by atoms with Gasteiger partial charge in [-0.1, -0.05) is 30.3 Å². The van der Waals surface area contributed by atoms with E-state index in [1.54, 1.807) is 0 Å². The van der Waals surface area contributed by atoms with Crippen molar-refractivity contribution in [2.45, 2.75) is 51.1 Å². The minimum Gasteiger partial charge on any atom is -0.355 e. The molecular formula is C16H24N2O. The number of nitrogens with one attached hydrogen (secondary N) is 2. The number of carbonyl (C=O) groups excluding carboxylic acids is 1. The third-order valence-corrected chi connectivity index (χ3v) is 3.73. The molecule has 0 spiro atoms. The number of rotatable bonds is 5. The molecule has 2 atom stereocenters. The van der Waals surface area contributed by atoms with E-state index in [1.807, 2.05) is 6.07 Å². The zero-order valence-corrected chi connectivity index (χ0v) is 11.7. The summed E-state index contributed by atoms with van der Waals surface area (Å²) in [6, 6.07) is 10.9. The molecule has 1 aromatic carbocycles. The van der Waals surface area contributed by atoms with Crippen LogP contribution in [0.25, 0.3) is 0 Å². The van der Waals surface area contributed by atoms with Crippen molar-refractivity contribution in [2.75, 3.05) is 6.54 Å². The van der Waals surface area contributed by atoms with Gasteiger partial charge in [-0.15, -0.1) is 0 Å². The van der Waals surface area contributed by atoms with Crippen molar-refractivity contribution in [2.24, 2.45) is 0 Å². The standard InChI is InChI=1S/C16H24N2O/c1-13(10-11-14-7-3-2-4-8-14)18-15-9-5-6-12-17-16(15)19/h2-4,7-8,13,15,18H,5-6,9-12H2,1H3,(H,17,19)/t13-,15+/m0/s1. The second kappa shape index (κ2) is 7.29. The predicted octanol–water partition coefficient (Wildman–Crippen LogP) is 2.27. The Morgan fingerprint density at radius 1 is 1.32 bits per heavy atom. The van der Waals surface area contributed by atoms with Crippen molar-refractivity contribution < 1.29 is 4.79 Å². The Bertz CT molecular complexity index is 391. The van der Waals surface area contributed by atoms with E-state index in [1.165, 1.54) is 5.56 Å². The minimum absolute atomic E-state index is 0.00623. The highest BCUT2D eigenvalue weighted by Crippen LogP contribution is 2.09. The molecule has 0 saturated carbocycles. The molecule has 0 unspecified atom stereocenters. The maximum Gasteiger partial charge on any atom is 0.237 e. The molecule has 0 bridgehead atoms. The summed E-state index contributed by atoms with van der Waals surface area (Å²) in [5.41, 5.74) is 1.36. The molecule has 3 heteroatoms. The highest BCUT2D eigenvalue weighted by molar-refractivity contribution is 5.81. The Morgan fingerprint density at radius 3 is 2.89 bits per heavy atom. The first-order valence-corrected chi connectivity index (χ1v) is 7.33. The lowest BCUT2D eigenvalue weighted by molar-refractivity contribution is -0.123. The maximum absolute atomic E-state index is 11.9. The van der Waals surface area contributed by atoms with Gasteiger partial charge in [0.1, 0.15) is 0 Å². The zero-order valence-electron chi connectivity index (χ0n) is 11.7. The third kappa shape index (κ3) is 4.67. The Balaban J connectivity index is 1.77. The van der Waals surface area contributed by atoms with E-state index < -0.39 is 0 Å². The molecule has 104 valence electrons. The van der Waals surface area contributed by atoms with Gasteiger partial charge in [0, 0.05) is 12.6 Å². The SMILES string of the molecule is C[C@@H](CCc1ccccc1)N[C@@H]1CCCCNC1=O. The van der Waals surface area contributed by atoms with Gasteiger partial charge < -0.3 is 10.6 Å². The zero-order chi connectivity index (χ0) is 13.5. The van der Waals surface area contributed by atoms with Gasteiger partial charge in [-0.2, -0.15) is 0 Å². The maximum atomic E-state index is 11.9. The molecule has 0 radical (unpaired) electrons. The van der Waals surface area contributed by atoms with Gasteiger partial charge in [0.15, 0.2) is 0 Å². The summed E-state index contributed by atoms with van der Waals surface area (Å²) < 4.78 is 0. The lowest BCUT2D eigenvalue weighted by Crippen LogP contribution is -2.46. The normalized spacial score (nSPS) is 21.5. The Morgan fingerprint density at radius 2 is 2.11 bits per heavy atom. The van der Waals surface area contributed by atoms with E-state index in [0.717, 1.165) is 38.6 Å². The fourth-order valence-electron chi connectivity index (χ4n) is 2.55. The van der Waals surface area contributed by atoms with Crippen LogP contribution in [0.3, 0.4) is 0 Å². The largest absolute Gasteiger partial charge is 0.355 e. The monoisotopic (exact) mass is 260 g/mol. The Labute approximate surface area is 115 Å². The second-order valence-corrected chi connectivity index (χ2v) is 5.43. The molecule has 19 heavy (non-hydrogen) atoms. The van der Waals surface area contributed by atoms with Crippen molar-refractivity contribution in [1.82, 2.24) is 10.6 Å². The fraction of sp³-hybridized carbons (Fsp3) is 0.562. The predicted molar refractivity (Wildman–Crippen MR) is 78.0 cm³/mol. The van der Waals surface area contributed by atoms with E-state index in [2.05, 4.69) is 41.8 Å². The smallest absolute Gasteiger partial charge is 0.237 e. The first kappa shape index (κ1) is 14.1. The Kier molecular flexibility index (Phi) is 5.40. The molecule has 1 saturated heterocycles. The van der Waals surface area contributed by atoms with Gasteiger partial charge in [-0.05, 0) is 44.6 Å². The number of carbonyl (C=O) groups is 1. The van der Waals surface area contributed by atoms with E-state index >= 15 is 0 Å². The van der Waals surface area contributed by atoms with Crippen LogP contribution >= 0.6 is 0 Å². The van der Waals surface area contributed by atoms with Gasteiger partial charge in [-0.3, -0.25) is 4.79 Å². The highest BCUT2D eigenvalue weighted by atomic mass is 16.2. The molecule has 3 nitrogen and oxygen atoms in total. The molecule has 1 aliphatic rings. The molecule has 0 aliphatic carbocycles. The number of amides is 1. The van der Waals surface area contributed by atoms with Crippen LogP contribution in [-0.2, 0) is 11.2 Å². The Hall–Kier alpha value is -1.35. The number of aryl methyl sites for hydroxylation is 1. The summed E-state index contributed by atoms with van der Waals surface area (Å²) >= 11 is 0. The molecule has 1 aromatic rings. The number of benzene rings is 1. The van der Waals surface area contributed by atoms with Crippen LogP contribution < -0.4 is 10.6 Å². The summed E-state index contributed by atoms with van der Waals surface area (Å²) in [4.78, 5) is 11.9. The van der Waals surface area contributed by atoms with Gasteiger partial charge in [0.25, 0.3) is 0 Å². The van der Waals surface area contributed by atoms with Gasteiger partial charge in [0.2, 0.25) is 5.91 Å². The lowest BCUT2D eigenvalue weighted by atomic mass is 10.0.